The topological polar surface area (TPSA) is 56.1 Å². The van der Waals surface area contributed by atoms with Gasteiger partial charge in [0.2, 0.25) is 5.91 Å². The summed E-state index contributed by atoms with van der Waals surface area (Å²) in [6.45, 7) is 5.26. The van der Waals surface area contributed by atoms with Crippen molar-refractivity contribution >= 4 is 17.7 Å². The van der Waals surface area contributed by atoms with Crippen LogP contribution in [-0.2, 0) is 11.3 Å². The lowest BCUT2D eigenvalue weighted by molar-refractivity contribution is -0.111. The lowest BCUT2D eigenvalue weighted by Crippen LogP contribution is -2.11. The van der Waals surface area contributed by atoms with Crippen molar-refractivity contribution in [2.24, 2.45) is 0 Å². The molecule has 0 radical (unpaired) electrons. The molecule has 1 aromatic heterocycles. The third kappa shape index (κ3) is 5.57. The van der Waals surface area contributed by atoms with E-state index in [1.165, 1.54) is 17.2 Å². The number of carbonyl (C=O) groups excluding carboxylic acids is 1. The van der Waals surface area contributed by atoms with Crippen LogP contribution >= 0.6 is 0 Å². The minimum absolute atomic E-state index is 0.195. The highest BCUT2D eigenvalue weighted by Gasteiger charge is 2.05. The van der Waals surface area contributed by atoms with Gasteiger partial charge in [0.25, 0.3) is 0 Å². The van der Waals surface area contributed by atoms with Crippen LogP contribution in [0.25, 0.3) is 6.08 Å². The van der Waals surface area contributed by atoms with Crippen LogP contribution in [0.1, 0.15) is 16.7 Å². The maximum atomic E-state index is 12.3. The van der Waals surface area contributed by atoms with Crippen LogP contribution in [0.15, 0.2) is 67.3 Å². The van der Waals surface area contributed by atoms with Gasteiger partial charge in [-0.05, 0) is 37.6 Å². The van der Waals surface area contributed by atoms with Gasteiger partial charge in [-0.25, -0.2) is 4.98 Å². The number of para-hydroxylation sites is 2. The molecule has 1 amide bonds. The first-order valence-corrected chi connectivity index (χ1v) is 8.85. The zero-order valence-corrected chi connectivity index (χ0v) is 15.6. The number of carbonyl (C=O) groups is 1. The monoisotopic (exact) mass is 361 g/mol. The highest BCUT2D eigenvalue weighted by molar-refractivity contribution is 6.02. The maximum Gasteiger partial charge on any atom is 0.248 e. The molecular formula is C22H23N3O2. The summed E-state index contributed by atoms with van der Waals surface area (Å²) >= 11 is 0. The molecule has 0 atom stereocenters. The smallest absolute Gasteiger partial charge is 0.248 e. The lowest BCUT2D eigenvalue weighted by atomic mass is 10.1. The Bertz CT molecular complexity index is 910. The number of hydrogen-bond donors (Lipinski definition) is 1. The van der Waals surface area contributed by atoms with Crippen LogP contribution < -0.4 is 10.1 Å². The van der Waals surface area contributed by atoms with E-state index in [0.717, 1.165) is 5.56 Å². The Balaban J connectivity index is 1.61. The molecule has 1 heterocycles. The van der Waals surface area contributed by atoms with Crippen LogP contribution in [0.2, 0.25) is 0 Å². The van der Waals surface area contributed by atoms with E-state index >= 15 is 0 Å². The fourth-order valence-electron chi connectivity index (χ4n) is 2.83. The molecule has 0 aliphatic carbocycles. The predicted molar refractivity (Wildman–Crippen MR) is 108 cm³/mol. The predicted octanol–water partition coefficient (Wildman–Crippen LogP) is 4.23. The van der Waals surface area contributed by atoms with Crippen molar-refractivity contribution in [3.8, 4) is 5.75 Å². The third-order valence-corrected chi connectivity index (χ3v) is 3.98. The number of ether oxygens (including phenoxy) is 1. The molecule has 1 N–H and O–H groups in total. The fourth-order valence-corrected chi connectivity index (χ4v) is 2.83. The number of amides is 1. The SMILES string of the molecule is Cc1cc(C)cc(/C=C/C(=O)Nc2ccccc2OCCn2ccnc2)c1. The Morgan fingerprint density at radius 2 is 1.96 bits per heavy atom. The lowest BCUT2D eigenvalue weighted by Gasteiger charge is -2.12. The Morgan fingerprint density at radius 3 is 2.70 bits per heavy atom. The average molecular weight is 361 g/mol. The molecule has 0 saturated carbocycles. The number of hydrogen-bond acceptors (Lipinski definition) is 3. The summed E-state index contributed by atoms with van der Waals surface area (Å²) in [7, 11) is 0. The molecule has 0 fully saturated rings. The third-order valence-electron chi connectivity index (χ3n) is 3.98. The number of aromatic nitrogens is 2. The van der Waals surface area contributed by atoms with E-state index in [9.17, 15) is 4.79 Å². The van der Waals surface area contributed by atoms with Crippen molar-refractivity contribution in [1.29, 1.82) is 0 Å². The Labute approximate surface area is 159 Å². The largest absolute Gasteiger partial charge is 0.490 e. The highest BCUT2D eigenvalue weighted by Crippen LogP contribution is 2.23. The Hall–Kier alpha value is -3.34. The van der Waals surface area contributed by atoms with Crippen LogP contribution in [0, 0.1) is 13.8 Å². The molecular weight excluding hydrogens is 338 g/mol. The molecule has 5 nitrogen and oxygen atoms in total. The molecule has 3 rings (SSSR count). The van der Waals surface area contributed by atoms with Gasteiger partial charge in [-0.3, -0.25) is 4.79 Å². The van der Waals surface area contributed by atoms with Crippen molar-refractivity contribution in [1.82, 2.24) is 9.55 Å². The first-order valence-electron chi connectivity index (χ1n) is 8.85. The van der Waals surface area contributed by atoms with Crippen molar-refractivity contribution < 1.29 is 9.53 Å². The van der Waals surface area contributed by atoms with Gasteiger partial charge in [-0.1, -0.05) is 41.5 Å². The fraction of sp³-hybridized carbons (Fsp3) is 0.182. The zero-order valence-electron chi connectivity index (χ0n) is 15.6. The number of anilines is 1. The molecule has 27 heavy (non-hydrogen) atoms. The molecule has 2 aromatic carbocycles. The van der Waals surface area contributed by atoms with Crippen LogP contribution in [0.4, 0.5) is 5.69 Å². The molecule has 0 saturated heterocycles. The van der Waals surface area contributed by atoms with Crippen LogP contribution in [0.5, 0.6) is 5.75 Å². The van der Waals surface area contributed by atoms with Crippen molar-refractivity contribution in [3.05, 3.63) is 84.0 Å². The minimum atomic E-state index is -0.195. The van der Waals surface area contributed by atoms with E-state index in [0.29, 0.717) is 24.6 Å². The van der Waals surface area contributed by atoms with Crippen LogP contribution in [-0.4, -0.2) is 22.1 Å². The highest BCUT2D eigenvalue weighted by atomic mass is 16.5. The van der Waals surface area contributed by atoms with E-state index < -0.39 is 0 Å². The van der Waals surface area contributed by atoms with Gasteiger partial charge in [0.05, 0.1) is 18.6 Å². The molecule has 3 aromatic rings. The molecule has 138 valence electrons. The van der Waals surface area contributed by atoms with Crippen molar-refractivity contribution in [2.75, 3.05) is 11.9 Å². The zero-order chi connectivity index (χ0) is 19.1. The van der Waals surface area contributed by atoms with Gasteiger partial charge in [-0.2, -0.15) is 0 Å². The van der Waals surface area contributed by atoms with Gasteiger partial charge in [0.15, 0.2) is 0 Å². The van der Waals surface area contributed by atoms with Gasteiger partial charge < -0.3 is 14.6 Å². The summed E-state index contributed by atoms with van der Waals surface area (Å²) in [5.74, 6) is 0.450. The summed E-state index contributed by atoms with van der Waals surface area (Å²) in [6.07, 6.45) is 8.72. The number of rotatable bonds is 7. The summed E-state index contributed by atoms with van der Waals surface area (Å²) in [5.41, 5.74) is 4.00. The number of benzene rings is 2. The van der Waals surface area contributed by atoms with E-state index in [1.807, 2.05) is 67.1 Å². The molecule has 0 unspecified atom stereocenters. The number of nitrogens with zero attached hydrogens (tertiary/aromatic N) is 2. The van der Waals surface area contributed by atoms with E-state index in [-0.39, 0.29) is 5.91 Å². The van der Waals surface area contributed by atoms with Gasteiger partial charge in [-0.15, -0.1) is 0 Å². The minimum Gasteiger partial charge on any atom is -0.490 e. The van der Waals surface area contributed by atoms with E-state index in [4.69, 9.17) is 4.74 Å². The summed E-state index contributed by atoms with van der Waals surface area (Å²) < 4.78 is 7.76. The Morgan fingerprint density at radius 1 is 1.19 bits per heavy atom. The van der Waals surface area contributed by atoms with Gasteiger partial charge in [0, 0.05) is 18.5 Å². The van der Waals surface area contributed by atoms with Crippen LogP contribution in [0.3, 0.4) is 0 Å². The first kappa shape index (κ1) is 18.5. The number of nitrogens with one attached hydrogen (secondary N) is 1. The second kappa shape index (κ2) is 8.85. The van der Waals surface area contributed by atoms with Gasteiger partial charge >= 0.3 is 0 Å². The maximum absolute atomic E-state index is 12.3. The second-order valence-corrected chi connectivity index (χ2v) is 6.39. The number of imidazole rings is 1. The Kier molecular flexibility index (Phi) is 6.05. The normalized spacial score (nSPS) is 10.9. The molecule has 0 spiro atoms. The summed E-state index contributed by atoms with van der Waals surface area (Å²) in [6, 6.07) is 13.6. The summed E-state index contributed by atoms with van der Waals surface area (Å²) in [5, 5.41) is 2.88. The molecule has 0 aliphatic heterocycles. The van der Waals surface area contributed by atoms with Crippen molar-refractivity contribution in [3.63, 3.8) is 0 Å². The standard InChI is InChI=1S/C22H23N3O2/c1-17-13-18(2)15-19(14-17)7-8-22(26)24-20-5-3-4-6-21(20)27-12-11-25-10-9-23-16-25/h3-10,13-16H,11-12H2,1-2H3,(H,24,26)/b8-7+. The summed E-state index contributed by atoms with van der Waals surface area (Å²) in [4.78, 5) is 16.3. The molecule has 5 heteroatoms. The second-order valence-electron chi connectivity index (χ2n) is 6.39. The van der Waals surface area contributed by atoms with Gasteiger partial charge in [0.1, 0.15) is 12.4 Å². The molecule has 0 aliphatic rings. The quantitative estimate of drug-likeness (QED) is 0.641. The van der Waals surface area contributed by atoms with E-state index in [2.05, 4.69) is 16.4 Å². The molecule has 0 bridgehead atoms. The number of aryl methyl sites for hydroxylation is 2. The van der Waals surface area contributed by atoms with E-state index in [1.54, 1.807) is 12.5 Å². The first-order chi connectivity index (χ1) is 13.1. The average Bonchev–Trinajstić information content (AvgIpc) is 3.14. The van der Waals surface area contributed by atoms with Crippen molar-refractivity contribution in [2.45, 2.75) is 20.4 Å².